The maximum absolute atomic E-state index is 12.4. The zero-order chi connectivity index (χ0) is 16.8. The van der Waals surface area contributed by atoms with Gasteiger partial charge < -0.3 is 16.4 Å². The summed E-state index contributed by atoms with van der Waals surface area (Å²) in [5.74, 6) is -0.600. The number of benzene rings is 1. The minimum absolute atomic E-state index is 0.386. The molecule has 4 N–H and O–H groups in total. The molecule has 1 aromatic rings. The first-order valence-electron chi connectivity index (χ1n) is 7.09. The van der Waals surface area contributed by atoms with Gasteiger partial charge in [-0.05, 0) is 25.0 Å². The molecule has 1 aromatic carbocycles. The van der Waals surface area contributed by atoms with E-state index in [1.807, 2.05) is 6.07 Å². The first-order chi connectivity index (χ1) is 10.9. The Labute approximate surface area is 142 Å². The number of urea groups is 1. The first-order valence-corrected chi connectivity index (χ1v) is 8.34. The topological polar surface area (TPSA) is 102 Å². The van der Waals surface area contributed by atoms with Crippen molar-refractivity contribution in [2.24, 2.45) is 11.5 Å². The number of thioether (sulfide) groups is 1. The van der Waals surface area contributed by atoms with Gasteiger partial charge in [-0.1, -0.05) is 29.4 Å². The van der Waals surface area contributed by atoms with E-state index in [1.54, 1.807) is 17.2 Å². The normalized spacial score (nSPS) is 26.4. The van der Waals surface area contributed by atoms with Crippen LogP contribution in [-0.2, 0) is 9.63 Å². The van der Waals surface area contributed by atoms with Crippen molar-refractivity contribution in [3.05, 3.63) is 23.2 Å². The lowest BCUT2D eigenvalue weighted by Gasteiger charge is -2.41. The van der Waals surface area contributed by atoms with Crippen LogP contribution in [0.3, 0.4) is 0 Å². The number of anilines is 1. The number of carbonyl (C=O) groups is 2. The van der Waals surface area contributed by atoms with Crippen LogP contribution in [0.4, 0.5) is 10.5 Å². The molecule has 2 heterocycles. The SMILES string of the molecule is CON1c2cccc(Cl)c2SC1C1(C(N)=O)CCCN1C(N)=O. The molecular formula is C14H17ClN4O3S. The number of nitrogens with two attached hydrogens (primary N) is 2. The molecule has 0 saturated carbocycles. The summed E-state index contributed by atoms with van der Waals surface area (Å²) < 4.78 is 0. The van der Waals surface area contributed by atoms with Crippen LogP contribution in [-0.4, -0.2) is 41.4 Å². The zero-order valence-electron chi connectivity index (χ0n) is 12.5. The third-order valence-electron chi connectivity index (χ3n) is 4.35. The molecule has 0 aromatic heterocycles. The molecule has 2 unspecified atom stereocenters. The predicted octanol–water partition coefficient (Wildman–Crippen LogP) is 1.54. The highest BCUT2D eigenvalue weighted by Gasteiger charge is 2.58. The molecule has 1 fully saturated rings. The van der Waals surface area contributed by atoms with E-state index in [4.69, 9.17) is 27.9 Å². The lowest BCUT2D eigenvalue weighted by molar-refractivity contribution is -0.128. The standard InChI is InChI=1S/C14H17ClN4O3S/c1-22-19-9-5-2-4-8(15)10(9)23-12(19)14(11(16)20)6-3-7-18(14)13(17)21/h2,4-5,12H,3,6-7H2,1H3,(H2,16,20)(H2,17,21). The summed E-state index contributed by atoms with van der Waals surface area (Å²) in [7, 11) is 1.50. The second-order valence-corrected chi connectivity index (χ2v) is 6.95. The van der Waals surface area contributed by atoms with Crippen molar-refractivity contribution < 1.29 is 14.4 Å². The fourth-order valence-corrected chi connectivity index (χ4v) is 5.18. The molecule has 2 atom stereocenters. The van der Waals surface area contributed by atoms with Crippen LogP contribution in [0.1, 0.15) is 12.8 Å². The number of nitrogens with zero attached hydrogens (tertiary/aromatic N) is 2. The number of hydrogen-bond donors (Lipinski definition) is 2. The quantitative estimate of drug-likeness (QED) is 0.855. The van der Waals surface area contributed by atoms with Crippen LogP contribution in [0, 0.1) is 0 Å². The van der Waals surface area contributed by atoms with Gasteiger partial charge in [-0.3, -0.25) is 9.63 Å². The van der Waals surface area contributed by atoms with Gasteiger partial charge in [0.15, 0.2) is 5.54 Å². The van der Waals surface area contributed by atoms with E-state index < -0.39 is 22.9 Å². The molecular weight excluding hydrogens is 340 g/mol. The van der Waals surface area contributed by atoms with Crippen LogP contribution in [0.5, 0.6) is 0 Å². The molecule has 124 valence electrons. The number of rotatable bonds is 3. The summed E-state index contributed by atoms with van der Waals surface area (Å²) in [5, 5.41) is 1.59. The monoisotopic (exact) mass is 356 g/mol. The minimum Gasteiger partial charge on any atom is -0.368 e. The Kier molecular flexibility index (Phi) is 4.07. The number of halogens is 1. The minimum atomic E-state index is -1.24. The van der Waals surface area contributed by atoms with Gasteiger partial charge >= 0.3 is 6.03 Å². The molecule has 2 aliphatic heterocycles. The Morgan fingerprint density at radius 1 is 1.43 bits per heavy atom. The number of hydroxylamine groups is 1. The summed E-state index contributed by atoms with van der Waals surface area (Å²) in [6, 6.07) is 4.74. The molecule has 1 saturated heterocycles. The van der Waals surface area contributed by atoms with Crippen LogP contribution >= 0.6 is 23.4 Å². The fraction of sp³-hybridized carbons (Fsp3) is 0.429. The van der Waals surface area contributed by atoms with E-state index in [9.17, 15) is 9.59 Å². The summed E-state index contributed by atoms with van der Waals surface area (Å²) in [4.78, 5) is 31.9. The fourth-order valence-electron chi connectivity index (χ4n) is 3.34. The van der Waals surface area contributed by atoms with Gasteiger partial charge in [-0.15, -0.1) is 0 Å². The van der Waals surface area contributed by atoms with Crippen LogP contribution in [0.15, 0.2) is 23.1 Å². The van der Waals surface area contributed by atoms with Gasteiger partial charge in [-0.25, -0.2) is 9.86 Å². The third-order valence-corrected chi connectivity index (χ3v) is 6.24. The van der Waals surface area contributed by atoms with Gasteiger partial charge in [-0.2, -0.15) is 0 Å². The van der Waals surface area contributed by atoms with Gasteiger partial charge in [0.2, 0.25) is 5.91 Å². The van der Waals surface area contributed by atoms with Crippen LogP contribution in [0.25, 0.3) is 0 Å². The molecule has 0 aliphatic carbocycles. The van der Waals surface area contributed by atoms with Crippen molar-refractivity contribution in [3.63, 3.8) is 0 Å². The zero-order valence-corrected chi connectivity index (χ0v) is 14.1. The van der Waals surface area contributed by atoms with Crippen molar-refractivity contribution in [1.29, 1.82) is 0 Å². The van der Waals surface area contributed by atoms with Gasteiger partial charge in [0, 0.05) is 6.54 Å². The molecule has 9 heteroatoms. The molecule has 23 heavy (non-hydrogen) atoms. The van der Waals surface area contributed by atoms with E-state index in [-0.39, 0.29) is 0 Å². The average Bonchev–Trinajstić information content (AvgIpc) is 3.09. The van der Waals surface area contributed by atoms with Crippen molar-refractivity contribution in [3.8, 4) is 0 Å². The van der Waals surface area contributed by atoms with Crippen LogP contribution < -0.4 is 16.5 Å². The summed E-state index contributed by atoms with van der Waals surface area (Å²) in [5.41, 5.74) is 10.7. The van der Waals surface area contributed by atoms with E-state index >= 15 is 0 Å². The Bertz CT molecular complexity index is 673. The van der Waals surface area contributed by atoms with E-state index in [2.05, 4.69) is 0 Å². The Hall–Kier alpha value is -1.64. The highest BCUT2D eigenvalue weighted by Crippen LogP contribution is 2.53. The lowest BCUT2D eigenvalue weighted by Crippen LogP contribution is -2.66. The predicted molar refractivity (Wildman–Crippen MR) is 88.0 cm³/mol. The molecule has 0 spiro atoms. The van der Waals surface area contributed by atoms with Crippen molar-refractivity contribution in [1.82, 2.24) is 4.90 Å². The number of hydrogen-bond acceptors (Lipinski definition) is 5. The largest absolute Gasteiger partial charge is 0.368 e. The van der Waals surface area contributed by atoms with E-state index in [0.29, 0.717) is 24.4 Å². The number of likely N-dealkylation sites (tertiary alicyclic amines) is 1. The Morgan fingerprint density at radius 2 is 2.17 bits per heavy atom. The second-order valence-electron chi connectivity index (χ2n) is 5.45. The van der Waals surface area contributed by atoms with Crippen molar-refractivity contribution in [2.75, 3.05) is 18.7 Å². The summed E-state index contributed by atoms with van der Waals surface area (Å²) >= 11 is 7.62. The van der Waals surface area contributed by atoms with Crippen molar-refractivity contribution in [2.45, 2.75) is 28.6 Å². The first kappa shape index (κ1) is 16.2. The highest BCUT2D eigenvalue weighted by molar-refractivity contribution is 8.00. The number of fused-ring (bicyclic) bond motifs is 1. The van der Waals surface area contributed by atoms with E-state index in [0.717, 1.165) is 10.6 Å². The molecule has 7 nitrogen and oxygen atoms in total. The third kappa shape index (κ3) is 2.24. The number of carbonyl (C=O) groups excluding carboxylic acids is 2. The molecule has 0 bridgehead atoms. The molecule has 3 amide bonds. The maximum Gasteiger partial charge on any atom is 0.315 e. The second kappa shape index (κ2) is 5.77. The Balaban J connectivity index is 2.10. The van der Waals surface area contributed by atoms with Crippen molar-refractivity contribution >= 4 is 41.0 Å². The highest BCUT2D eigenvalue weighted by atomic mass is 35.5. The number of primary amides is 2. The van der Waals surface area contributed by atoms with Gasteiger partial charge in [0.1, 0.15) is 5.37 Å². The molecule has 2 aliphatic rings. The molecule has 3 rings (SSSR count). The van der Waals surface area contributed by atoms with Crippen LogP contribution in [0.2, 0.25) is 5.02 Å². The molecule has 0 radical (unpaired) electrons. The summed E-state index contributed by atoms with van der Waals surface area (Å²) in [6.07, 6.45) is 1.07. The van der Waals surface area contributed by atoms with Gasteiger partial charge in [0.05, 0.1) is 22.7 Å². The van der Waals surface area contributed by atoms with Gasteiger partial charge in [0.25, 0.3) is 0 Å². The Morgan fingerprint density at radius 3 is 2.78 bits per heavy atom. The lowest BCUT2D eigenvalue weighted by atomic mass is 9.94. The smallest absolute Gasteiger partial charge is 0.315 e. The van der Waals surface area contributed by atoms with E-state index in [1.165, 1.54) is 23.8 Å². The maximum atomic E-state index is 12.4. The average molecular weight is 357 g/mol. The summed E-state index contributed by atoms with van der Waals surface area (Å²) in [6.45, 7) is 0.386. The number of amides is 3.